The highest BCUT2D eigenvalue weighted by molar-refractivity contribution is 7.58. The van der Waals surface area contributed by atoms with E-state index in [-0.39, 0.29) is 29.8 Å². The van der Waals surface area contributed by atoms with Gasteiger partial charge in [0.1, 0.15) is 0 Å². The minimum Gasteiger partial charge on any atom is -0.466 e. The minimum absolute atomic E-state index is 0.145. The van der Waals surface area contributed by atoms with Crippen molar-refractivity contribution in [2.75, 3.05) is 20.3 Å². The summed E-state index contributed by atoms with van der Waals surface area (Å²) < 4.78 is 30.5. The lowest BCUT2D eigenvalue weighted by Gasteiger charge is -2.34. The molecule has 1 aliphatic rings. The minimum atomic E-state index is -3.85. The highest BCUT2D eigenvalue weighted by Gasteiger charge is 2.44. The Balaban J connectivity index is 2.77. The maximum atomic E-state index is 14.0. The zero-order valence-electron chi connectivity index (χ0n) is 18.5. The number of nitro benzene ring substituents is 1. The number of nitrogens with one attached hydrogen (secondary N) is 1. The third-order valence-electron chi connectivity index (χ3n) is 4.77. The van der Waals surface area contributed by atoms with Gasteiger partial charge in [-0.3, -0.25) is 14.7 Å². The van der Waals surface area contributed by atoms with Crippen LogP contribution in [0.3, 0.4) is 0 Å². The predicted octanol–water partition coefficient (Wildman–Crippen LogP) is 5.01. The van der Waals surface area contributed by atoms with Crippen LogP contribution >= 0.6 is 7.60 Å². The Kier molecular flexibility index (Phi) is 8.56. The first-order chi connectivity index (χ1) is 14.7. The lowest BCUT2D eigenvalue weighted by atomic mass is 9.86. The van der Waals surface area contributed by atoms with Gasteiger partial charge in [-0.15, -0.1) is 0 Å². The lowest BCUT2D eigenvalue weighted by Crippen LogP contribution is -2.29. The molecule has 10 heteroatoms. The van der Waals surface area contributed by atoms with Crippen LogP contribution in [0.4, 0.5) is 5.69 Å². The second kappa shape index (κ2) is 10.7. The number of dihydropyridines is 1. The van der Waals surface area contributed by atoms with Crippen molar-refractivity contribution in [1.82, 2.24) is 5.32 Å². The number of hydrogen-bond acceptors (Lipinski definition) is 8. The largest absolute Gasteiger partial charge is 0.466 e. The molecular weight excluding hydrogens is 423 g/mol. The van der Waals surface area contributed by atoms with Crippen LogP contribution in [0.15, 0.2) is 46.5 Å². The zero-order chi connectivity index (χ0) is 23.2. The van der Waals surface area contributed by atoms with Crippen LogP contribution in [-0.4, -0.2) is 31.2 Å². The molecule has 1 N–H and O–H groups in total. The summed E-state index contributed by atoms with van der Waals surface area (Å²) in [6.45, 7) is 7.56. The molecule has 1 aromatic carbocycles. The van der Waals surface area contributed by atoms with Crippen LogP contribution in [0.1, 0.15) is 52.0 Å². The van der Waals surface area contributed by atoms with Gasteiger partial charge in [-0.05, 0) is 32.3 Å². The Hall–Kier alpha value is -2.48. The second-order valence-corrected chi connectivity index (χ2v) is 9.11. The fourth-order valence-corrected chi connectivity index (χ4v) is 5.73. The molecule has 1 unspecified atom stereocenters. The Morgan fingerprint density at radius 3 is 2.29 bits per heavy atom. The van der Waals surface area contributed by atoms with Crippen LogP contribution in [0, 0.1) is 10.1 Å². The smallest absolute Gasteiger partial charge is 0.360 e. The van der Waals surface area contributed by atoms with E-state index >= 15 is 0 Å². The van der Waals surface area contributed by atoms with E-state index in [2.05, 4.69) is 5.32 Å². The quantitative estimate of drug-likeness (QED) is 0.228. The molecule has 0 aliphatic carbocycles. The number of allylic oxidation sites excluding steroid dienone is 3. The molecule has 2 rings (SSSR count). The van der Waals surface area contributed by atoms with Crippen LogP contribution in [0.2, 0.25) is 0 Å². The molecule has 0 fully saturated rings. The Morgan fingerprint density at radius 2 is 1.77 bits per heavy atom. The van der Waals surface area contributed by atoms with E-state index in [1.807, 2.05) is 13.8 Å². The van der Waals surface area contributed by atoms with Crippen molar-refractivity contribution in [3.05, 3.63) is 62.2 Å². The number of benzene rings is 1. The molecule has 0 amide bonds. The molecule has 31 heavy (non-hydrogen) atoms. The van der Waals surface area contributed by atoms with Crippen molar-refractivity contribution in [2.45, 2.75) is 46.5 Å². The van der Waals surface area contributed by atoms with Crippen molar-refractivity contribution >= 4 is 19.3 Å². The molecule has 1 aliphatic heterocycles. The number of hydrogen-bond donors (Lipinski definition) is 1. The summed E-state index contributed by atoms with van der Waals surface area (Å²) in [7, 11) is -2.60. The fraction of sp³-hybridized carbons (Fsp3) is 0.476. The third-order valence-corrected chi connectivity index (χ3v) is 7.00. The van der Waals surface area contributed by atoms with E-state index < -0.39 is 24.4 Å². The Bertz CT molecular complexity index is 943. The monoisotopic (exact) mass is 452 g/mol. The molecule has 0 aromatic heterocycles. The van der Waals surface area contributed by atoms with Crippen molar-refractivity contribution in [3.8, 4) is 0 Å². The molecule has 0 saturated heterocycles. The number of esters is 1. The summed E-state index contributed by atoms with van der Waals surface area (Å²) in [4.78, 5) is 23.6. The molecule has 1 aromatic rings. The van der Waals surface area contributed by atoms with Gasteiger partial charge in [0.2, 0.25) is 0 Å². The number of carbonyl (C=O) groups is 1. The summed E-state index contributed by atoms with van der Waals surface area (Å²) in [6, 6.07) is 5.90. The molecule has 0 bridgehead atoms. The first-order valence-electron chi connectivity index (χ1n) is 10.1. The van der Waals surface area contributed by atoms with Gasteiger partial charge in [-0.25, -0.2) is 4.79 Å². The fourth-order valence-electron chi connectivity index (χ4n) is 3.47. The third kappa shape index (κ3) is 5.42. The SMILES string of the molecule is CCCOP(=O)(OCCC)C1=C(C)NC(C)=C(C(=O)OC)C1c1cccc([N+](=O)[O-])c1. The predicted molar refractivity (Wildman–Crippen MR) is 116 cm³/mol. The standard InChI is InChI=1S/C21H29N2O7P/c1-6-11-29-31(27,30-12-7-2)20-15(4)22-14(3)18(21(24)28-5)19(20)16-9-8-10-17(13-16)23(25)26/h8-10,13,19,22H,6-7,11-12H2,1-5H3. The average Bonchev–Trinajstić information content (AvgIpc) is 2.75. The zero-order valence-corrected chi connectivity index (χ0v) is 19.4. The number of rotatable bonds is 10. The van der Waals surface area contributed by atoms with Crippen molar-refractivity contribution in [3.63, 3.8) is 0 Å². The van der Waals surface area contributed by atoms with Gasteiger partial charge in [0, 0.05) is 23.5 Å². The van der Waals surface area contributed by atoms with E-state index in [9.17, 15) is 19.5 Å². The van der Waals surface area contributed by atoms with Crippen LogP contribution < -0.4 is 5.32 Å². The van der Waals surface area contributed by atoms with Gasteiger partial charge in [0.25, 0.3) is 5.69 Å². The van der Waals surface area contributed by atoms with Gasteiger partial charge in [-0.1, -0.05) is 26.0 Å². The van der Waals surface area contributed by atoms with Crippen molar-refractivity contribution < 1.29 is 28.1 Å². The van der Waals surface area contributed by atoms with Gasteiger partial charge < -0.3 is 19.1 Å². The summed E-state index contributed by atoms with van der Waals surface area (Å²) in [5.74, 6) is -1.53. The Labute approximate surface area is 182 Å². The normalized spacial score (nSPS) is 16.9. The molecule has 0 radical (unpaired) electrons. The van der Waals surface area contributed by atoms with E-state index in [0.29, 0.717) is 29.8 Å². The molecule has 1 heterocycles. The van der Waals surface area contributed by atoms with Crippen molar-refractivity contribution in [2.24, 2.45) is 0 Å². The van der Waals surface area contributed by atoms with Gasteiger partial charge in [-0.2, -0.15) is 0 Å². The number of nitrogens with zero attached hydrogens (tertiary/aromatic N) is 1. The average molecular weight is 452 g/mol. The number of ether oxygens (including phenoxy) is 1. The first-order valence-corrected chi connectivity index (χ1v) is 11.6. The molecule has 0 spiro atoms. The second-order valence-electron chi connectivity index (χ2n) is 7.11. The molecule has 0 saturated carbocycles. The maximum absolute atomic E-state index is 14.0. The van der Waals surface area contributed by atoms with E-state index in [1.165, 1.54) is 25.3 Å². The molecule has 9 nitrogen and oxygen atoms in total. The summed E-state index contributed by atoms with van der Waals surface area (Å²) in [5, 5.41) is 14.7. The number of non-ortho nitro benzene ring substituents is 1. The van der Waals surface area contributed by atoms with Crippen LogP contribution in [0.5, 0.6) is 0 Å². The molecule has 1 atom stereocenters. The number of carbonyl (C=O) groups excluding carboxylic acids is 1. The highest BCUT2D eigenvalue weighted by Crippen LogP contribution is 2.64. The van der Waals surface area contributed by atoms with Crippen LogP contribution in [-0.2, 0) is 23.1 Å². The topological polar surface area (TPSA) is 117 Å². The number of methoxy groups -OCH3 is 1. The number of nitro groups is 1. The van der Waals surface area contributed by atoms with Crippen molar-refractivity contribution in [1.29, 1.82) is 0 Å². The summed E-state index contributed by atoms with van der Waals surface area (Å²) in [6.07, 6.45) is 1.22. The van der Waals surface area contributed by atoms with Gasteiger partial charge in [0.05, 0.1) is 42.1 Å². The van der Waals surface area contributed by atoms with E-state index in [0.717, 1.165) is 0 Å². The van der Waals surface area contributed by atoms with Crippen LogP contribution in [0.25, 0.3) is 0 Å². The van der Waals surface area contributed by atoms with Gasteiger partial charge in [0.15, 0.2) is 0 Å². The molecule has 170 valence electrons. The highest BCUT2D eigenvalue weighted by atomic mass is 31.2. The maximum Gasteiger partial charge on any atom is 0.360 e. The van der Waals surface area contributed by atoms with Gasteiger partial charge >= 0.3 is 13.6 Å². The molecular formula is C21H29N2O7P. The lowest BCUT2D eigenvalue weighted by molar-refractivity contribution is -0.384. The van der Waals surface area contributed by atoms with E-state index in [1.54, 1.807) is 19.9 Å². The van der Waals surface area contributed by atoms with E-state index in [4.69, 9.17) is 13.8 Å². The summed E-state index contributed by atoms with van der Waals surface area (Å²) in [5.41, 5.74) is 1.49. The summed E-state index contributed by atoms with van der Waals surface area (Å²) >= 11 is 0. The first kappa shape index (κ1) is 24.8. The Morgan fingerprint density at radius 1 is 1.16 bits per heavy atom.